The van der Waals surface area contributed by atoms with E-state index < -0.39 is 27.9 Å². The highest BCUT2D eigenvalue weighted by Crippen LogP contribution is 2.28. The number of benzene rings is 2. The van der Waals surface area contributed by atoms with Crippen molar-refractivity contribution in [2.24, 2.45) is 0 Å². The maximum Gasteiger partial charge on any atom is 0.303 e. The highest BCUT2D eigenvalue weighted by molar-refractivity contribution is 7.89. The normalized spacial score (nSPS) is 16.3. The molecule has 2 aromatic carbocycles. The summed E-state index contributed by atoms with van der Waals surface area (Å²) >= 11 is 0. The van der Waals surface area contributed by atoms with Crippen molar-refractivity contribution in [1.82, 2.24) is 14.5 Å². The van der Waals surface area contributed by atoms with Crippen LogP contribution in [-0.2, 0) is 37.4 Å². The largest absolute Gasteiger partial charge is 0.496 e. The predicted molar refractivity (Wildman–Crippen MR) is 141 cm³/mol. The first-order valence-electron chi connectivity index (χ1n) is 12.5. The number of nitrogens with zero attached hydrogens (tertiary/aromatic N) is 2. The second-order valence-electron chi connectivity index (χ2n) is 9.58. The lowest BCUT2D eigenvalue weighted by Gasteiger charge is -2.39. The van der Waals surface area contributed by atoms with Crippen LogP contribution in [-0.4, -0.2) is 73.3 Å². The Labute approximate surface area is 223 Å². The van der Waals surface area contributed by atoms with Crippen LogP contribution in [0.3, 0.4) is 0 Å². The number of amides is 2. The summed E-state index contributed by atoms with van der Waals surface area (Å²) in [5.41, 5.74) is 2.47. The average Bonchev–Trinajstić information content (AvgIpc) is 2.90. The maximum absolute atomic E-state index is 13.7. The molecule has 1 fully saturated rings. The topological polar surface area (TPSA) is 133 Å². The van der Waals surface area contributed by atoms with E-state index in [0.29, 0.717) is 17.2 Å². The van der Waals surface area contributed by atoms with Gasteiger partial charge in [0.05, 0.1) is 12.0 Å². The molecule has 1 aliphatic rings. The van der Waals surface area contributed by atoms with E-state index in [1.54, 1.807) is 0 Å². The molecule has 3 rings (SSSR count). The molecule has 38 heavy (non-hydrogen) atoms. The van der Waals surface area contributed by atoms with E-state index in [1.165, 1.54) is 42.7 Å². The van der Waals surface area contributed by atoms with E-state index in [2.05, 4.69) is 19.2 Å². The smallest absolute Gasteiger partial charge is 0.303 e. The van der Waals surface area contributed by atoms with E-state index in [0.717, 1.165) is 9.87 Å². The van der Waals surface area contributed by atoms with Crippen LogP contribution in [0.2, 0.25) is 0 Å². The third-order valence-electron chi connectivity index (χ3n) is 6.66. The van der Waals surface area contributed by atoms with Crippen molar-refractivity contribution in [2.75, 3.05) is 26.7 Å². The fraction of sp³-hybridized carbons (Fsp3) is 0.444. The number of aliphatic carboxylic acids is 1. The number of piperazine rings is 1. The number of nitrogens with one attached hydrogen (secondary N) is 1. The number of carbonyl (C=O) groups excluding carboxylic acids is 2. The number of carboxylic acid groups (broad SMARTS) is 1. The van der Waals surface area contributed by atoms with Crippen LogP contribution >= 0.6 is 0 Å². The van der Waals surface area contributed by atoms with Gasteiger partial charge in [0.25, 0.3) is 0 Å². The molecule has 1 saturated heterocycles. The van der Waals surface area contributed by atoms with Gasteiger partial charge in [-0.15, -0.1) is 0 Å². The first-order valence-corrected chi connectivity index (χ1v) is 13.9. The minimum atomic E-state index is -4.16. The Morgan fingerprint density at radius 2 is 1.79 bits per heavy atom. The molecule has 0 saturated carbocycles. The third kappa shape index (κ3) is 6.90. The number of methoxy groups -OCH3 is 1. The molecule has 2 N–H and O–H groups in total. The zero-order valence-electron chi connectivity index (χ0n) is 22.1. The minimum Gasteiger partial charge on any atom is -0.496 e. The molecule has 0 spiro atoms. The molecule has 0 aromatic heterocycles. The van der Waals surface area contributed by atoms with Gasteiger partial charge in [0.2, 0.25) is 21.8 Å². The van der Waals surface area contributed by atoms with Gasteiger partial charge in [0.1, 0.15) is 11.8 Å². The number of hydrogen-bond acceptors (Lipinski definition) is 6. The Balaban J connectivity index is 1.86. The molecule has 0 aliphatic carbocycles. The van der Waals surface area contributed by atoms with Crippen molar-refractivity contribution in [1.29, 1.82) is 0 Å². The number of rotatable bonds is 10. The Kier molecular flexibility index (Phi) is 9.50. The van der Waals surface area contributed by atoms with Gasteiger partial charge in [-0.05, 0) is 47.2 Å². The van der Waals surface area contributed by atoms with Crippen LogP contribution in [0.5, 0.6) is 5.75 Å². The number of aryl methyl sites for hydroxylation is 1. The SMILES string of the molecule is COc1ccc(S(=O)(=O)N2CCN(C(C)=O)CC2C(=O)NCc2ccc(C(C)C)cc2)cc1CCC(=O)O. The van der Waals surface area contributed by atoms with Crippen molar-refractivity contribution in [2.45, 2.75) is 57.0 Å². The van der Waals surface area contributed by atoms with Crippen LogP contribution in [0.4, 0.5) is 0 Å². The lowest BCUT2D eigenvalue weighted by molar-refractivity contribution is -0.137. The van der Waals surface area contributed by atoms with E-state index in [4.69, 9.17) is 9.84 Å². The lowest BCUT2D eigenvalue weighted by atomic mass is 10.0. The van der Waals surface area contributed by atoms with Crippen molar-refractivity contribution >= 4 is 27.8 Å². The summed E-state index contributed by atoms with van der Waals surface area (Å²) < 4.78 is 33.9. The van der Waals surface area contributed by atoms with Crippen molar-refractivity contribution in [3.63, 3.8) is 0 Å². The Morgan fingerprint density at radius 3 is 2.37 bits per heavy atom. The van der Waals surface area contributed by atoms with Gasteiger partial charge in [0, 0.05) is 39.5 Å². The van der Waals surface area contributed by atoms with Crippen molar-refractivity contribution in [3.8, 4) is 5.75 Å². The summed E-state index contributed by atoms with van der Waals surface area (Å²) in [6, 6.07) is 10.9. The van der Waals surface area contributed by atoms with E-state index >= 15 is 0 Å². The van der Waals surface area contributed by atoms with Gasteiger partial charge >= 0.3 is 5.97 Å². The number of carboxylic acids is 1. The number of sulfonamides is 1. The molecule has 0 bridgehead atoms. The predicted octanol–water partition coefficient (Wildman–Crippen LogP) is 2.37. The van der Waals surface area contributed by atoms with Crippen LogP contribution in [0.1, 0.15) is 49.8 Å². The molecule has 1 unspecified atom stereocenters. The molecule has 206 valence electrons. The molecule has 2 amide bonds. The van der Waals surface area contributed by atoms with Gasteiger partial charge in [-0.2, -0.15) is 4.31 Å². The highest BCUT2D eigenvalue weighted by Gasteiger charge is 2.41. The fourth-order valence-corrected chi connectivity index (χ4v) is 5.99. The zero-order chi connectivity index (χ0) is 28.0. The number of hydrogen-bond donors (Lipinski definition) is 2. The number of carbonyl (C=O) groups is 3. The zero-order valence-corrected chi connectivity index (χ0v) is 23.0. The molecule has 2 aromatic rings. The van der Waals surface area contributed by atoms with Crippen LogP contribution in [0.25, 0.3) is 0 Å². The Morgan fingerprint density at radius 1 is 1.11 bits per heavy atom. The molecule has 1 atom stereocenters. The maximum atomic E-state index is 13.7. The molecular weight excluding hydrogens is 510 g/mol. The minimum absolute atomic E-state index is 0.0560. The molecule has 11 heteroatoms. The van der Waals surface area contributed by atoms with Gasteiger partial charge in [-0.1, -0.05) is 38.1 Å². The summed E-state index contributed by atoms with van der Waals surface area (Å²) in [6.07, 6.45) is -0.111. The summed E-state index contributed by atoms with van der Waals surface area (Å²) in [7, 11) is -2.74. The second kappa shape index (κ2) is 12.4. The highest BCUT2D eigenvalue weighted by atomic mass is 32.2. The first kappa shape index (κ1) is 29.1. The van der Waals surface area contributed by atoms with Gasteiger partial charge < -0.3 is 20.1 Å². The van der Waals surface area contributed by atoms with Gasteiger partial charge in [0.15, 0.2) is 0 Å². The van der Waals surface area contributed by atoms with Gasteiger partial charge in [-0.3, -0.25) is 14.4 Å². The van der Waals surface area contributed by atoms with Crippen LogP contribution < -0.4 is 10.1 Å². The van der Waals surface area contributed by atoms with E-state index in [-0.39, 0.29) is 49.8 Å². The molecule has 0 radical (unpaired) electrons. The summed E-state index contributed by atoms with van der Waals surface area (Å²) in [4.78, 5) is 37.8. The quantitative estimate of drug-likeness (QED) is 0.468. The molecular formula is C27H35N3O7S. The second-order valence-corrected chi connectivity index (χ2v) is 11.5. The Bertz CT molecular complexity index is 1280. The first-order chi connectivity index (χ1) is 17.9. The van der Waals surface area contributed by atoms with E-state index in [9.17, 15) is 22.8 Å². The molecule has 1 aliphatic heterocycles. The summed E-state index contributed by atoms with van der Waals surface area (Å²) in [5, 5.41) is 11.9. The van der Waals surface area contributed by atoms with Crippen LogP contribution in [0, 0.1) is 0 Å². The monoisotopic (exact) mass is 545 g/mol. The summed E-state index contributed by atoms with van der Waals surface area (Å²) in [5.74, 6) is -1.02. The van der Waals surface area contributed by atoms with Crippen molar-refractivity contribution in [3.05, 3.63) is 59.2 Å². The molecule has 1 heterocycles. The van der Waals surface area contributed by atoms with Gasteiger partial charge in [-0.25, -0.2) is 8.42 Å². The standard InChI is InChI=1S/C27H35N3O7S/c1-18(2)21-7-5-20(6-8-21)16-28-27(34)24-17-29(19(3)31)13-14-30(24)38(35,36)23-10-11-25(37-4)22(15-23)9-12-26(32)33/h5-8,10-11,15,18,24H,9,12-14,16-17H2,1-4H3,(H,28,34)(H,32,33). The van der Waals surface area contributed by atoms with Crippen molar-refractivity contribution < 1.29 is 32.6 Å². The fourth-order valence-electron chi connectivity index (χ4n) is 4.37. The third-order valence-corrected chi connectivity index (χ3v) is 8.56. The van der Waals surface area contributed by atoms with Crippen LogP contribution in [0.15, 0.2) is 47.4 Å². The average molecular weight is 546 g/mol. The Hall–Kier alpha value is -3.44. The summed E-state index contributed by atoms with van der Waals surface area (Å²) in [6.45, 7) is 5.80. The van der Waals surface area contributed by atoms with E-state index in [1.807, 2.05) is 24.3 Å². The number of ether oxygens (including phenoxy) is 1. The molecule has 10 nitrogen and oxygen atoms in total. The lowest BCUT2D eigenvalue weighted by Crippen LogP contribution is -2.61.